The van der Waals surface area contributed by atoms with Gasteiger partial charge in [0.15, 0.2) is 5.71 Å². The molecule has 0 aromatic heterocycles. The lowest BCUT2D eigenvalue weighted by Crippen LogP contribution is -2.44. The predicted molar refractivity (Wildman–Crippen MR) is 144 cm³/mol. The fraction of sp³-hybridized carbons (Fsp3) is 0.440. The molecule has 2 aromatic rings. The second-order valence-corrected chi connectivity index (χ2v) is 14.7. The summed E-state index contributed by atoms with van der Waals surface area (Å²) in [6.45, 7) is 12.9. The molecule has 1 amide bonds. The van der Waals surface area contributed by atoms with Gasteiger partial charge in [-0.05, 0) is 42.8 Å². The van der Waals surface area contributed by atoms with Gasteiger partial charge in [-0.1, -0.05) is 57.8 Å². The zero-order valence-corrected chi connectivity index (χ0v) is 23.1. The van der Waals surface area contributed by atoms with E-state index in [2.05, 4.69) is 44.3 Å². The average molecular weight is 531 g/mol. The van der Waals surface area contributed by atoms with Crippen molar-refractivity contribution in [3.8, 4) is 11.5 Å². The molecule has 0 unspecified atom stereocenters. The number of carbonyl (C=O) groups is 1. The van der Waals surface area contributed by atoms with Crippen LogP contribution in [0.5, 0.6) is 11.5 Å². The number of hydrogen-bond acceptors (Lipinski definition) is 8. The number of rotatable bonds is 12. The van der Waals surface area contributed by atoms with Gasteiger partial charge in [0.25, 0.3) is 19.9 Å². The van der Waals surface area contributed by atoms with Gasteiger partial charge in [0, 0.05) is 18.2 Å². The second kappa shape index (κ2) is 12.4. The Morgan fingerprint density at radius 3 is 2.30 bits per heavy atom. The monoisotopic (exact) mass is 530 g/mol. The van der Waals surface area contributed by atoms with Crippen molar-refractivity contribution in [1.82, 2.24) is 5.32 Å². The fourth-order valence-electron chi connectivity index (χ4n) is 2.99. The lowest BCUT2D eigenvalue weighted by molar-refractivity contribution is -0.394. The van der Waals surface area contributed by atoms with E-state index < -0.39 is 35.4 Å². The summed E-state index contributed by atoms with van der Waals surface area (Å²) in [6, 6.07) is 9.84. The van der Waals surface area contributed by atoms with Gasteiger partial charge >= 0.3 is 5.69 Å². The highest BCUT2D eigenvalue weighted by Crippen LogP contribution is 2.38. The van der Waals surface area contributed by atoms with E-state index in [1.165, 1.54) is 0 Å². The van der Waals surface area contributed by atoms with Gasteiger partial charge in [-0.2, -0.15) is 0 Å². The van der Waals surface area contributed by atoms with E-state index in [9.17, 15) is 25.0 Å². The molecule has 0 fully saturated rings. The number of oxime groups is 1. The smallest absolute Gasteiger partial charge is 0.321 e. The van der Waals surface area contributed by atoms with Gasteiger partial charge in [0.1, 0.15) is 5.75 Å². The normalized spacial score (nSPS) is 12.1. The number of nitrogens with one attached hydrogen (secondary N) is 1. The van der Waals surface area contributed by atoms with Crippen LogP contribution in [0.3, 0.4) is 0 Å². The van der Waals surface area contributed by atoms with Crippen molar-refractivity contribution >= 4 is 31.3 Å². The minimum atomic E-state index is -2.30. The third-order valence-electron chi connectivity index (χ3n) is 6.18. The Labute approximate surface area is 217 Å². The molecule has 0 saturated heterocycles. The lowest BCUT2D eigenvalue weighted by atomic mass is 10.1. The molecular formula is C25H34N4O7Si. The zero-order valence-electron chi connectivity index (χ0n) is 22.1. The quantitative estimate of drug-likeness (QED) is 0.117. The first-order valence-electron chi connectivity index (χ1n) is 12.0. The van der Waals surface area contributed by atoms with Gasteiger partial charge < -0.3 is 14.6 Å². The third-order valence-corrected chi connectivity index (χ3v) is 10.5. The molecule has 1 N–H and O–H groups in total. The summed E-state index contributed by atoms with van der Waals surface area (Å²) in [5.74, 6) is -0.431. The summed E-state index contributed by atoms with van der Waals surface area (Å²) in [5.41, 5.74) is -0.875. The van der Waals surface area contributed by atoms with Crippen molar-refractivity contribution in [2.45, 2.75) is 65.1 Å². The van der Waals surface area contributed by atoms with E-state index in [0.717, 1.165) is 37.5 Å². The Bertz CT molecular complexity index is 1180. The van der Waals surface area contributed by atoms with E-state index >= 15 is 0 Å². The molecular weight excluding hydrogens is 496 g/mol. The second-order valence-electron chi connectivity index (χ2n) is 10.0. The largest absolute Gasteiger partial charge is 0.543 e. The van der Waals surface area contributed by atoms with Crippen LogP contribution in [-0.4, -0.2) is 36.3 Å². The summed E-state index contributed by atoms with van der Waals surface area (Å²) in [7, 11) is -2.30. The number of amides is 1. The Morgan fingerprint density at radius 2 is 1.70 bits per heavy atom. The molecule has 0 aliphatic rings. The summed E-state index contributed by atoms with van der Waals surface area (Å²) in [5, 5.41) is 29.3. The number of nitrogens with zero attached hydrogens (tertiary/aromatic N) is 3. The van der Waals surface area contributed by atoms with Gasteiger partial charge in [-0.15, -0.1) is 0 Å². The molecule has 12 heteroatoms. The van der Waals surface area contributed by atoms with E-state index in [1.807, 2.05) is 6.92 Å². The number of unbranched alkanes of at least 4 members (excludes halogenated alkanes) is 2. The van der Waals surface area contributed by atoms with Crippen molar-refractivity contribution in [2.75, 3.05) is 6.54 Å². The van der Waals surface area contributed by atoms with Gasteiger partial charge in [-0.3, -0.25) is 25.0 Å². The summed E-state index contributed by atoms with van der Waals surface area (Å²) < 4.78 is 6.47. The van der Waals surface area contributed by atoms with Crippen LogP contribution in [0.1, 0.15) is 52.5 Å². The Balaban J connectivity index is 2.54. The van der Waals surface area contributed by atoms with Crippen molar-refractivity contribution in [2.24, 2.45) is 5.16 Å². The van der Waals surface area contributed by atoms with Crippen molar-refractivity contribution in [3.05, 3.63) is 68.3 Å². The molecule has 2 aromatic carbocycles. The van der Waals surface area contributed by atoms with Crippen LogP contribution in [0.2, 0.25) is 18.1 Å². The fourth-order valence-corrected chi connectivity index (χ4v) is 4.02. The summed E-state index contributed by atoms with van der Waals surface area (Å²) in [6.07, 6.45) is 2.68. The standard InChI is InChI=1S/C25H34N4O7Si/c1-7-8-11-16-26-24(30)23(19-12-9-10-13-21(19)36-37(5,6)25(2,3)4)27-35-22-15-14-18(28(31)32)17-20(22)29(33)34/h9-10,12-15,17H,7-8,11,16H2,1-6H3,(H,26,30)/b27-23-. The maximum absolute atomic E-state index is 13.2. The van der Waals surface area contributed by atoms with Crippen LogP contribution in [0.15, 0.2) is 47.6 Å². The van der Waals surface area contributed by atoms with Crippen LogP contribution >= 0.6 is 0 Å². The number of benzene rings is 2. The highest BCUT2D eigenvalue weighted by atomic mass is 28.4. The molecule has 0 saturated carbocycles. The summed E-state index contributed by atoms with van der Waals surface area (Å²) in [4.78, 5) is 39.6. The van der Waals surface area contributed by atoms with Crippen LogP contribution in [-0.2, 0) is 4.79 Å². The van der Waals surface area contributed by atoms with E-state index in [4.69, 9.17) is 9.26 Å². The van der Waals surface area contributed by atoms with Crippen LogP contribution in [0, 0.1) is 20.2 Å². The van der Waals surface area contributed by atoms with Gasteiger partial charge in [0.05, 0.1) is 15.9 Å². The maximum atomic E-state index is 13.2. The van der Waals surface area contributed by atoms with Crippen molar-refractivity contribution in [3.63, 3.8) is 0 Å². The minimum Gasteiger partial charge on any atom is -0.543 e. The van der Waals surface area contributed by atoms with E-state index in [1.54, 1.807) is 24.3 Å². The highest BCUT2D eigenvalue weighted by molar-refractivity contribution is 6.74. The molecule has 0 radical (unpaired) electrons. The van der Waals surface area contributed by atoms with Crippen LogP contribution < -0.4 is 14.6 Å². The molecule has 0 bridgehead atoms. The molecule has 37 heavy (non-hydrogen) atoms. The van der Waals surface area contributed by atoms with Crippen LogP contribution in [0.4, 0.5) is 11.4 Å². The average Bonchev–Trinajstić information content (AvgIpc) is 2.81. The van der Waals surface area contributed by atoms with E-state index in [-0.39, 0.29) is 16.5 Å². The highest BCUT2D eigenvalue weighted by Gasteiger charge is 2.39. The topological polar surface area (TPSA) is 146 Å². The Kier molecular flexibility index (Phi) is 9.89. The molecule has 0 heterocycles. The number of para-hydroxylation sites is 1. The number of carbonyl (C=O) groups excluding carboxylic acids is 1. The predicted octanol–water partition coefficient (Wildman–Crippen LogP) is 5.98. The Hall–Kier alpha value is -3.80. The third kappa shape index (κ3) is 7.84. The van der Waals surface area contributed by atoms with Crippen LogP contribution in [0.25, 0.3) is 0 Å². The Morgan fingerprint density at radius 1 is 1.03 bits per heavy atom. The lowest BCUT2D eigenvalue weighted by Gasteiger charge is -2.37. The number of hydrogen-bond donors (Lipinski definition) is 1. The first-order chi connectivity index (χ1) is 17.3. The van der Waals surface area contributed by atoms with Gasteiger partial charge in [-0.25, -0.2) is 0 Å². The molecule has 200 valence electrons. The zero-order chi connectivity index (χ0) is 27.8. The maximum Gasteiger partial charge on any atom is 0.321 e. The molecule has 2 rings (SSSR count). The van der Waals surface area contributed by atoms with Crippen molar-refractivity contribution < 1.29 is 23.9 Å². The number of non-ortho nitro benzene ring substituents is 1. The molecule has 0 spiro atoms. The van der Waals surface area contributed by atoms with E-state index in [0.29, 0.717) is 17.9 Å². The minimum absolute atomic E-state index is 0.115. The summed E-state index contributed by atoms with van der Waals surface area (Å²) >= 11 is 0. The number of nitro benzene ring substituents is 2. The molecule has 0 aliphatic carbocycles. The molecule has 0 atom stereocenters. The SMILES string of the molecule is CCCCCNC(=O)/C(=N\Oc1ccc([N+](=O)[O-])cc1[N+](=O)[O-])c1ccccc1O[Si](C)(C)C(C)(C)C. The number of nitro groups is 2. The molecule has 11 nitrogen and oxygen atoms in total. The first kappa shape index (κ1) is 29.4. The van der Waals surface area contributed by atoms with Crippen molar-refractivity contribution in [1.29, 1.82) is 0 Å². The van der Waals surface area contributed by atoms with Gasteiger partial charge in [0.2, 0.25) is 5.75 Å². The molecule has 0 aliphatic heterocycles. The first-order valence-corrected chi connectivity index (χ1v) is 14.9.